The average Bonchev–Trinajstić information content (AvgIpc) is 2.96. The van der Waals surface area contributed by atoms with E-state index in [1.54, 1.807) is 17.4 Å². The zero-order valence-corrected chi connectivity index (χ0v) is 12.8. The van der Waals surface area contributed by atoms with Gasteiger partial charge in [0.1, 0.15) is 5.82 Å². The molecule has 1 nitrogen and oxygen atoms in total. The predicted molar refractivity (Wildman–Crippen MR) is 89.2 cm³/mol. The molecule has 3 rings (SSSR count). The third-order valence-corrected chi connectivity index (χ3v) is 4.52. The standard InChI is InChI=1S/C18H18FNS/c1-2-9-20-12-13-6-7-15(17(19)11-13)16-5-3-4-14-8-10-21-18(14)16/h3-8,10-11,20H,2,9,12H2,1H3. The molecule has 2 aromatic carbocycles. The Morgan fingerprint density at radius 3 is 2.81 bits per heavy atom. The van der Waals surface area contributed by atoms with Gasteiger partial charge in [-0.2, -0.15) is 0 Å². The van der Waals surface area contributed by atoms with E-state index in [0.717, 1.165) is 28.8 Å². The van der Waals surface area contributed by atoms with Gasteiger partial charge in [-0.1, -0.05) is 37.3 Å². The van der Waals surface area contributed by atoms with Crippen molar-refractivity contribution in [1.29, 1.82) is 0 Å². The van der Waals surface area contributed by atoms with E-state index >= 15 is 0 Å². The smallest absolute Gasteiger partial charge is 0.131 e. The Morgan fingerprint density at radius 1 is 1.10 bits per heavy atom. The van der Waals surface area contributed by atoms with E-state index in [2.05, 4.69) is 29.8 Å². The van der Waals surface area contributed by atoms with Crippen molar-refractivity contribution in [3.63, 3.8) is 0 Å². The molecular formula is C18H18FNS. The molecule has 0 bridgehead atoms. The molecule has 0 unspecified atom stereocenters. The molecule has 1 heterocycles. The third kappa shape index (κ3) is 2.99. The van der Waals surface area contributed by atoms with Crippen molar-refractivity contribution in [2.45, 2.75) is 19.9 Å². The Morgan fingerprint density at radius 2 is 2.00 bits per heavy atom. The second-order valence-corrected chi connectivity index (χ2v) is 6.05. The molecule has 0 aliphatic heterocycles. The minimum absolute atomic E-state index is 0.147. The number of benzene rings is 2. The number of hydrogen-bond acceptors (Lipinski definition) is 2. The van der Waals surface area contributed by atoms with Crippen LogP contribution in [0.3, 0.4) is 0 Å². The molecule has 0 aliphatic rings. The van der Waals surface area contributed by atoms with Crippen LogP contribution in [0.4, 0.5) is 4.39 Å². The van der Waals surface area contributed by atoms with Gasteiger partial charge in [-0.3, -0.25) is 0 Å². The van der Waals surface area contributed by atoms with Crippen molar-refractivity contribution in [3.05, 3.63) is 59.2 Å². The monoisotopic (exact) mass is 299 g/mol. The summed E-state index contributed by atoms with van der Waals surface area (Å²) in [6.07, 6.45) is 1.08. The summed E-state index contributed by atoms with van der Waals surface area (Å²) in [7, 11) is 0. The largest absolute Gasteiger partial charge is 0.313 e. The number of nitrogens with one attached hydrogen (secondary N) is 1. The van der Waals surface area contributed by atoms with E-state index in [9.17, 15) is 4.39 Å². The van der Waals surface area contributed by atoms with Crippen LogP contribution in [0.5, 0.6) is 0 Å². The lowest BCUT2D eigenvalue weighted by Crippen LogP contribution is -2.13. The van der Waals surface area contributed by atoms with Gasteiger partial charge >= 0.3 is 0 Å². The van der Waals surface area contributed by atoms with E-state index in [0.29, 0.717) is 12.1 Å². The lowest BCUT2D eigenvalue weighted by molar-refractivity contribution is 0.622. The lowest BCUT2D eigenvalue weighted by Gasteiger charge is -2.08. The highest BCUT2D eigenvalue weighted by atomic mass is 32.1. The van der Waals surface area contributed by atoms with Crippen LogP contribution in [-0.2, 0) is 6.54 Å². The van der Waals surface area contributed by atoms with Gasteiger partial charge in [0, 0.05) is 22.4 Å². The van der Waals surface area contributed by atoms with Gasteiger partial charge in [0.2, 0.25) is 0 Å². The van der Waals surface area contributed by atoms with Gasteiger partial charge in [-0.05, 0) is 41.4 Å². The fraction of sp³-hybridized carbons (Fsp3) is 0.222. The van der Waals surface area contributed by atoms with Crippen LogP contribution in [0.1, 0.15) is 18.9 Å². The van der Waals surface area contributed by atoms with Crippen LogP contribution in [0.15, 0.2) is 47.8 Å². The second kappa shape index (κ2) is 6.37. The highest BCUT2D eigenvalue weighted by molar-refractivity contribution is 7.17. The second-order valence-electron chi connectivity index (χ2n) is 5.14. The Kier molecular flexibility index (Phi) is 4.32. The summed E-state index contributed by atoms with van der Waals surface area (Å²) in [5, 5.41) is 6.52. The van der Waals surface area contributed by atoms with E-state index in [-0.39, 0.29) is 5.82 Å². The molecule has 0 radical (unpaired) electrons. The van der Waals surface area contributed by atoms with Crippen LogP contribution in [0, 0.1) is 5.82 Å². The van der Waals surface area contributed by atoms with E-state index in [1.807, 2.05) is 24.3 Å². The summed E-state index contributed by atoms with van der Waals surface area (Å²) in [4.78, 5) is 0. The molecule has 108 valence electrons. The van der Waals surface area contributed by atoms with Crippen molar-refractivity contribution in [2.75, 3.05) is 6.54 Å². The maximum Gasteiger partial charge on any atom is 0.131 e. The molecule has 0 aliphatic carbocycles. The molecule has 1 N–H and O–H groups in total. The van der Waals surface area contributed by atoms with Crippen LogP contribution in [0.2, 0.25) is 0 Å². The summed E-state index contributed by atoms with van der Waals surface area (Å²) in [5.41, 5.74) is 2.65. The Labute approximate surface area is 128 Å². The Bertz CT molecular complexity index is 748. The molecular weight excluding hydrogens is 281 g/mol. The fourth-order valence-corrected chi connectivity index (χ4v) is 3.43. The minimum Gasteiger partial charge on any atom is -0.313 e. The first-order chi connectivity index (χ1) is 10.3. The summed E-state index contributed by atoms with van der Waals surface area (Å²) in [6, 6.07) is 13.7. The zero-order chi connectivity index (χ0) is 14.7. The van der Waals surface area contributed by atoms with Crippen LogP contribution in [0.25, 0.3) is 21.2 Å². The number of hydrogen-bond donors (Lipinski definition) is 1. The van der Waals surface area contributed by atoms with Crippen molar-refractivity contribution >= 4 is 21.4 Å². The quantitative estimate of drug-likeness (QED) is 0.638. The van der Waals surface area contributed by atoms with Gasteiger partial charge in [0.25, 0.3) is 0 Å². The normalized spacial score (nSPS) is 11.1. The topological polar surface area (TPSA) is 12.0 Å². The summed E-state index contributed by atoms with van der Waals surface area (Å²) in [5.74, 6) is -0.147. The molecule has 0 atom stereocenters. The maximum atomic E-state index is 14.5. The van der Waals surface area contributed by atoms with E-state index in [1.165, 1.54) is 5.39 Å². The van der Waals surface area contributed by atoms with Gasteiger partial charge in [-0.25, -0.2) is 4.39 Å². The lowest BCUT2D eigenvalue weighted by atomic mass is 10.0. The molecule has 0 amide bonds. The molecule has 0 saturated carbocycles. The third-order valence-electron chi connectivity index (χ3n) is 3.56. The SMILES string of the molecule is CCCNCc1ccc(-c2cccc3ccsc23)c(F)c1. The number of halogens is 1. The van der Waals surface area contributed by atoms with Crippen molar-refractivity contribution in [1.82, 2.24) is 5.32 Å². The van der Waals surface area contributed by atoms with Crippen molar-refractivity contribution in [3.8, 4) is 11.1 Å². The highest BCUT2D eigenvalue weighted by Gasteiger charge is 2.10. The first-order valence-corrected chi connectivity index (χ1v) is 8.13. The predicted octanol–water partition coefficient (Wildman–Crippen LogP) is 5.21. The van der Waals surface area contributed by atoms with E-state index < -0.39 is 0 Å². The van der Waals surface area contributed by atoms with Crippen LogP contribution in [-0.4, -0.2) is 6.54 Å². The molecule has 0 spiro atoms. The van der Waals surface area contributed by atoms with E-state index in [4.69, 9.17) is 0 Å². The molecule has 21 heavy (non-hydrogen) atoms. The van der Waals surface area contributed by atoms with Gasteiger partial charge in [0.15, 0.2) is 0 Å². The first-order valence-electron chi connectivity index (χ1n) is 7.25. The Balaban J connectivity index is 1.94. The summed E-state index contributed by atoms with van der Waals surface area (Å²) in [6.45, 7) is 3.80. The highest BCUT2D eigenvalue weighted by Crippen LogP contribution is 2.34. The number of thiophene rings is 1. The number of fused-ring (bicyclic) bond motifs is 1. The van der Waals surface area contributed by atoms with Gasteiger partial charge in [0.05, 0.1) is 0 Å². The maximum absolute atomic E-state index is 14.5. The molecule has 1 aromatic heterocycles. The van der Waals surface area contributed by atoms with Crippen molar-refractivity contribution in [2.24, 2.45) is 0 Å². The molecule has 0 saturated heterocycles. The summed E-state index contributed by atoms with van der Waals surface area (Å²) >= 11 is 1.66. The average molecular weight is 299 g/mol. The van der Waals surface area contributed by atoms with Crippen LogP contribution < -0.4 is 5.32 Å². The van der Waals surface area contributed by atoms with Gasteiger partial charge in [-0.15, -0.1) is 11.3 Å². The number of rotatable bonds is 5. The zero-order valence-electron chi connectivity index (χ0n) is 12.0. The summed E-state index contributed by atoms with van der Waals surface area (Å²) < 4.78 is 15.6. The van der Waals surface area contributed by atoms with Crippen LogP contribution >= 0.6 is 11.3 Å². The molecule has 3 aromatic rings. The minimum atomic E-state index is -0.147. The Hall–Kier alpha value is -1.71. The first kappa shape index (κ1) is 14.2. The molecule has 0 fully saturated rings. The van der Waals surface area contributed by atoms with Crippen molar-refractivity contribution < 1.29 is 4.39 Å². The fourth-order valence-electron chi connectivity index (χ4n) is 2.50. The van der Waals surface area contributed by atoms with Gasteiger partial charge < -0.3 is 5.32 Å². The molecule has 3 heteroatoms.